The van der Waals surface area contributed by atoms with Gasteiger partial charge in [0, 0.05) is 41.3 Å². The van der Waals surface area contributed by atoms with E-state index in [0.29, 0.717) is 5.13 Å². The molecule has 4 heterocycles. The first-order valence-corrected chi connectivity index (χ1v) is 10.5. The Hall–Kier alpha value is -2.80. The van der Waals surface area contributed by atoms with Crippen molar-refractivity contribution in [2.75, 3.05) is 5.32 Å². The average Bonchev–Trinajstić information content (AvgIpc) is 3.27. The number of hydrogen-bond donors (Lipinski definition) is 1. The van der Waals surface area contributed by atoms with Gasteiger partial charge in [-0.2, -0.15) is 0 Å². The molecule has 1 fully saturated rings. The van der Waals surface area contributed by atoms with E-state index in [-0.39, 0.29) is 11.8 Å². The molecule has 0 radical (unpaired) electrons. The molecule has 0 bridgehead atoms. The van der Waals surface area contributed by atoms with E-state index >= 15 is 0 Å². The quantitative estimate of drug-likeness (QED) is 0.539. The van der Waals surface area contributed by atoms with Crippen molar-refractivity contribution in [3.63, 3.8) is 0 Å². The Morgan fingerprint density at radius 1 is 1.29 bits per heavy atom. The van der Waals surface area contributed by atoms with Gasteiger partial charge in [0.25, 0.3) is 0 Å². The van der Waals surface area contributed by atoms with E-state index in [0.717, 1.165) is 58.5 Å². The third-order valence-electron chi connectivity index (χ3n) is 5.16. The first-order valence-electron chi connectivity index (χ1n) is 9.67. The molecule has 28 heavy (non-hydrogen) atoms. The minimum absolute atomic E-state index is 0.0766. The average molecular weight is 392 g/mol. The van der Waals surface area contributed by atoms with Crippen molar-refractivity contribution < 1.29 is 4.79 Å². The van der Waals surface area contributed by atoms with Gasteiger partial charge in [0.15, 0.2) is 5.13 Å². The SMILES string of the molecule is CCCc1cc(C)c(-c2cc3nc(NC(=O)C4CC4)sc3n3ccnc23)cn1. The number of nitrogens with one attached hydrogen (secondary N) is 1. The van der Waals surface area contributed by atoms with Crippen LogP contribution in [0.5, 0.6) is 0 Å². The first-order chi connectivity index (χ1) is 13.6. The fourth-order valence-corrected chi connectivity index (χ4v) is 4.49. The highest BCUT2D eigenvalue weighted by molar-refractivity contribution is 7.22. The Labute approximate surface area is 166 Å². The summed E-state index contributed by atoms with van der Waals surface area (Å²) in [5.74, 6) is 0.235. The summed E-state index contributed by atoms with van der Waals surface area (Å²) < 4.78 is 2.05. The number of rotatable bonds is 5. The largest absolute Gasteiger partial charge is 0.302 e. The standard InChI is InChI=1S/C21H21N5OS/c1-3-4-14-9-12(2)16(11-23-14)15-10-17-20(26-8-7-22-18(15)26)28-21(24-17)25-19(27)13-5-6-13/h7-11,13H,3-6H2,1-2H3,(H,24,25,27). The van der Waals surface area contributed by atoms with Crippen LogP contribution in [-0.2, 0) is 11.2 Å². The number of nitrogens with zero attached hydrogens (tertiary/aromatic N) is 4. The van der Waals surface area contributed by atoms with Crippen molar-refractivity contribution in [3.8, 4) is 11.1 Å². The number of pyridine rings is 2. The maximum absolute atomic E-state index is 12.1. The zero-order valence-electron chi connectivity index (χ0n) is 15.9. The van der Waals surface area contributed by atoms with Gasteiger partial charge < -0.3 is 5.32 Å². The molecule has 0 aromatic carbocycles. The van der Waals surface area contributed by atoms with Crippen LogP contribution in [0.1, 0.15) is 37.4 Å². The Kier molecular flexibility index (Phi) is 4.12. The van der Waals surface area contributed by atoms with E-state index in [1.807, 2.05) is 12.4 Å². The third-order valence-corrected chi connectivity index (χ3v) is 6.14. The third kappa shape index (κ3) is 2.96. The van der Waals surface area contributed by atoms with E-state index in [1.54, 1.807) is 6.20 Å². The predicted molar refractivity (Wildman–Crippen MR) is 112 cm³/mol. The molecule has 4 aromatic rings. The normalized spacial score (nSPS) is 14.1. The molecule has 0 aliphatic heterocycles. The topological polar surface area (TPSA) is 72.2 Å². The van der Waals surface area contributed by atoms with Crippen LogP contribution in [0.3, 0.4) is 0 Å². The summed E-state index contributed by atoms with van der Waals surface area (Å²) in [4.78, 5) is 27.0. The number of carbonyl (C=O) groups is 1. The van der Waals surface area contributed by atoms with Crippen molar-refractivity contribution in [2.24, 2.45) is 5.92 Å². The van der Waals surface area contributed by atoms with Crippen LogP contribution >= 0.6 is 11.3 Å². The Balaban J connectivity index is 1.62. The van der Waals surface area contributed by atoms with Gasteiger partial charge in [-0.05, 0) is 43.9 Å². The highest BCUT2D eigenvalue weighted by atomic mass is 32.1. The molecule has 4 aromatic heterocycles. The zero-order chi connectivity index (χ0) is 19.3. The summed E-state index contributed by atoms with van der Waals surface area (Å²) >= 11 is 1.49. The highest BCUT2D eigenvalue weighted by Crippen LogP contribution is 2.35. The number of fused-ring (bicyclic) bond motifs is 3. The van der Waals surface area contributed by atoms with Crippen molar-refractivity contribution in [1.29, 1.82) is 0 Å². The molecule has 0 saturated heterocycles. The van der Waals surface area contributed by atoms with Gasteiger partial charge in [-0.3, -0.25) is 14.2 Å². The molecule has 0 spiro atoms. The molecular weight excluding hydrogens is 370 g/mol. The fourth-order valence-electron chi connectivity index (χ4n) is 3.55. The summed E-state index contributed by atoms with van der Waals surface area (Å²) in [5, 5.41) is 3.61. The summed E-state index contributed by atoms with van der Waals surface area (Å²) in [6.45, 7) is 4.27. The number of aryl methyl sites for hydroxylation is 2. The van der Waals surface area contributed by atoms with Crippen LogP contribution in [0.2, 0.25) is 0 Å². The Morgan fingerprint density at radius 3 is 2.89 bits per heavy atom. The molecule has 7 heteroatoms. The number of aromatic nitrogens is 4. The van der Waals surface area contributed by atoms with Gasteiger partial charge in [0.05, 0.1) is 0 Å². The van der Waals surface area contributed by atoms with Gasteiger partial charge in [-0.15, -0.1) is 0 Å². The minimum Gasteiger partial charge on any atom is -0.302 e. The van der Waals surface area contributed by atoms with Gasteiger partial charge in [0.1, 0.15) is 16.0 Å². The van der Waals surface area contributed by atoms with Crippen LogP contribution in [0.4, 0.5) is 5.13 Å². The van der Waals surface area contributed by atoms with E-state index < -0.39 is 0 Å². The second kappa shape index (κ2) is 6.67. The number of carbonyl (C=O) groups excluding carboxylic acids is 1. The van der Waals surface area contributed by atoms with Crippen LogP contribution in [0, 0.1) is 12.8 Å². The van der Waals surface area contributed by atoms with Crippen LogP contribution in [0.25, 0.3) is 27.1 Å². The molecular formula is C21H21N5OS. The van der Waals surface area contributed by atoms with E-state index in [2.05, 4.69) is 50.6 Å². The number of thiazole rings is 1. The number of imidazole rings is 1. The second-order valence-electron chi connectivity index (χ2n) is 7.39. The molecule has 1 aliphatic carbocycles. The molecule has 1 amide bonds. The van der Waals surface area contributed by atoms with Gasteiger partial charge >= 0.3 is 0 Å². The molecule has 1 saturated carbocycles. The number of anilines is 1. The number of amides is 1. The number of hydrogen-bond acceptors (Lipinski definition) is 5. The predicted octanol–water partition coefficient (Wildman–Crippen LogP) is 4.62. The zero-order valence-corrected chi connectivity index (χ0v) is 16.7. The summed E-state index contributed by atoms with van der Waals surface area (Å²) in [6, 6.07) is 4.22. The lowest BCUT2D eigenvalue weighted by Crippen LogP contribution is -2.12. The van der Waals surface area contributed by atoms with E-state index in [9.17, 15) is 4.79 Å². The van der Waals surface area contributed by atoms with E-state index in [4.69, 9.17) is 0 Å². The van der Waals surface area contributed by atoms with Gasteiger partial charge in [-0.1, -0.05) is 24.7 Å². The second-order valence-corrected chi connectivity index (χ2v) is 8.37. The lowest BCUT2D eigenvalue weighted by atomic mass is 10.0. The smallest absolute Gasteiger partial charge is 0.229 e. The molecule has 1 aliphatic rings. The molecule has 6 nitrogen and oxygen atoms in total. The Bertz CT molecular complexity index is 1200. The van der Waals surface area contributed by atoms with Crippen LogP contribution in [0.15, 0.2) is 30.7 Å². The molecule has 0 atom stereocenters. The van der Waals surface area contributed by atoms with Crippen molar-refractivity contribution in [3.05, 3.63) is 42.0 Å². The first kappa shape index (κ1) is 17.3. The summed E-state index contributed by atoms with van der Waals surface area (Å²) in [5.41, 5.74) is 6.10. The van der Waals surface area contributed by atoms with Gasteiger partial charge in [0.2, 0.25) is 5.91 Å². The van der Waals surface area contributed by atoms with E-state index in [1.165, 1.54) is 16.9 Å². The van der Waals surface area contributed by atoms with Crippen molar-refractivity contribution >= 4 is 38.4 Å². The van der Waals surface area contributed by atoms with Crippen molar-refractivity contribution in [2.45, 2.75) is 39.5 Å². The Morgan fingerprint density at radius 2 is 2.14 bits per heavy atom. The summed E-state index contributed by atoms with van der Waals surface area (Å²) in [7, 11) is 0. The summed E-state index contributed by atoms with van der Waals surface area (Å²) in [6.07, 6.45) is 9.71. The lowest BCUT2D eigenvalue weighted by Gasteiger charge is -2.09. The van der Waals surface area contributed by atoms with Crippen LogP contribution in [-0.4, -0.2) is 25.3 Å². The lowest BCUT2D eigenvalue weighted by molar-refractivity contribution is -0.117. The maximum Gasteiger partial charge on any atom is 0.229 e. The van der Waals surface area contributed by atoms with Crippen molar-refractivity contribution in [1.82, 2.24) is 19.4 Å². The molecule has 1 N–H and O–H groups in total. The molecule has 5 rings (SSSR count). The highest BCUT2D eigenvalue weighted by Gasteiger charge is 2.30. The monoisotopic (exact) mass is 391 g/mol. The van der Waals surface area contributed by atoms with Crippen LogP contribution < -0.4 is 5.32 Å². The minimum atomic E-state index is 0.0766. The molecule has 142 valence electrons. The fraction of sp³-hybridized carbons (Fsp3) is 0.333. The maximum atomic E-state index is 12.1. The molecule has 0 unspecified atom stereocenters. The van der Waals surface area contributed by atoms with Gasteiger partial charge in [-0.25, -0.2) is 9.97 Å².